The molecule has 8 heteroatoms. The van der Waals surface area contributed by atoms with E-state index in [1.54, 1.807) is 26.1 Å². The summed E-state index contributed by atoms with van der Waals surface area (Å²) < 4.78 is 34.6. The number of nitrogens with one attached hydrogen (secondary N) is 2. The van der Waals surface area contributed by atoms with Crippen molar-refractivity contribution in [2.45, 2.75) is 46.4 Å². The van der Waals surface area contributed by atoms with E-state index in [1.165, 1.54) is 6.07 Å². The van der Waals surface area contributed by atoms with Crippen LogP contribution in [0, 0.1) is 0 Å². The molecule has 0 saturated heterocycles. The van der Waals surface area contributed by atoms with Gasteiger partial charge >= 0.3 is 6.61 Å². The molecule has 0 bridgehead atoms. The summed E-state index contributed by atoms with van der Waals surface area (Å²) in [5.41, 5.74) is 0.750. The number of hydrogen-bond acceptors (Lipinski definition) is 3. The molecule has 0 heterocycles. The van der Waals surface area contributed by atoms with Crippen molar-refractivity contribution in [3.05, 3.63) is 23.8 Å². The normalized spacial score (nSPS) is 11.8. The molecular formula is C16H26F2IN3O2. The fraction of sp³-hybridized carbons (Fsp3) is 0.562. The second kappa shape index (κ2) is 10.5. The average molecular weight is 457 g/mol. The fourth-order valence-electron chi connectivity index (χ4n) is 1.84. The highest BCUT2D eigenvalue weighted by atomic mass is 127. The van der Waals surface area contributed by atoms with Crippen LogP contribution in [-0.2, 0) is 6.54 Å². The lowest BCUT2D eigenvalue weighted by Gasteiger charge is -2.23. The maximum absolute atomic E-state index is 12.4. The van der Waals surface area contributed by atoms with Crippen molar-refractivity contribution < 1.29 is 18.3 Å². The van der Waals surface area contributed by atoms with E-state index in [0.717, 1.165) is 5.56 Å². The minimum Gasteiger partial charge on any atom is -0.490 e. The standard InChI is InChI=1S/C16H25F2N3O2.HI/c1-6-22-13-9-11(7-8-12(13)23-14(17)18)10-20-15(19-5)21-16(2,3)4;/h7-9,14H,6,10H2,1-5H3,(H2,19,20,21);1H. The summed E-state index contributed by atoms with van der Waals surface area (Å²) in [6.45, 7) is 5.84. The van der Waals surface area contributed by atoms with Crippen LogP contribution in [0.1, 0.15) is 33.3 Å². The Balaban J connectivity index is 0.00000529. The van der Waals surface area contributed by atoms with Crippen LogP contribution in [0.4, 0.5) is 8.78 Å². The van der Waals surface area contributed by atoms with Crippen LogP contribution in [0.25, 0.3) is 0 Å². The highest BCUT2D eigenvalue weighted by Crippen LogP contribution is 2.29. The predicted octanol–water partition coefficient (Wildman–Crippen LogP) is 3.77. The first-order valence-electron chi connectivity index (χ1n) is 7.44. The summed E-state index contributed by atoms with van der Waals surface area (Å²) >= 11 is 0. The molecule has 0 unspecified atom stereocenters. The predicted molar refractivity (Wildman–Crippen MR) is 103 cm³/mol. The average Bonchev–Trinajstić information content (AvgIpc) is 2.44. The molecule has 0 atom stereocenters. The van der Waals surface area contributed by atoms with Crippen LogP contribution in [0.3, 0.4) is 0 Å². The zero-order chi connectivity index (χ0) is 17.5. The van der Waals surface area contributed by atoms with Crippen molar-refractivity contribution in [3.8, 4) is 11.5 Å². The monoisotopic (exact) mass is 457 g/mol. The zero-order valence-electron chi connectivity index (χ0n) is 14.7. The number of benzene rings is 1. The Morgan fingerprint density at radius 3 is 2.42 bits per heavy atom. The molecule has 0 amide bonds. The van der Waals surface area contributed by atoms with Gasteiger partial charge in [0, 0.05) is 19.1 Å². The van der Waals surface area contributed by atoms with E-state index in [2.05, 4.69) is 20.4 Å². The second-order valence-corrected chi connectivity index (χ2v) is 5.89. The lowest BCUT2D eigenvalue weighted by atomic mass is 10.1. The van der Waals surface area contributed by atoms with Gasteiger partial charge in [0.05, 0.1) is 6.61 Å². The van der Waals surface area contributed by atoms with E-state index in [0.29, 0.717) is 24.9 Å². The summed E-state index contributed by atoms with van der Waals surface area (Å²) in [6, 6.07) is 4.87. The van der Waals surface area contributed by atoms with Crippen molar-refractivity contribution in [3.63, 3.8) is 0 Å². The summed E-state index contributed by atoms with van der Waals surface area (Å²) in [4.78, 5) is 4.14. The number of guanidine groups is 1. The quantitative estimate of drug-likeness (QED) is 0.388. The van der Waals surface area contributed by atoms with Crippen LogP contribution >= 0.6 is 24.0 Å². The molecule has 138 valence electrons. The lowest BCUT2D eigenvalue weighted by Crippen LogP contribution is -2.47. The third kappa shape index (κ3) is 8.51. The summed E-state index contributed by atoms with van der Waals surface area (Å²) in [5, 5.41) is 6.40. The van der Waals surface area contributed by atoms with E-state index < -0.39 is 6.61 Å². The van der Waals surface area contributed by atoms with Crippen LogP contribution in [0.2, 0.25) is 0 Å². The maximum Gasteiger partial charge on any atom is 0.387 e. The molecule has 1 rings (SSSR count). The van der Waals surface area contributed by atoms with E-state index in [1.807, 2.05) is 20.8 Å². The Morgan fingerprint density at radius 2 is 1.92 bits per heavy atom. The molecule has 0 saturated carbocycles. The number of hydrogen-bond donors (Lipinski definition) is 2. The summed E-state index contributed by atoms with van der Waals surface area (Å²) in [5.74, 6) is 0.983. The Hall–Kier alpha value is -1.32. The largest absolute Gasteiger partial charge is 0.490 e. The number of ether oxygens (including phenoxy) is 2. The third-order valence-electron chi connectivity index (χ3n) is 2.70. The molecule has 0 aliphatic carbocycles. The number of rotatable bonds is 6. The molecule has 0 aliphatic heterocycles. The van der Waals surface area contributed by atoms with Gasteiger partial charge in [-0.15, -0.1) is 24.0 Å². The highest BCUT2D eigenvalue weighted by molar-refractivity contribution is 14.0. The Kier molecular flexibility index (Phi) is 9.95. The minimum atomic E-state index is -2.88. The third-order valence-corrected chi connectivity index (χ3v) is 2.70. The van der Waals surface area contributed by atoms with Gasteiger partial charge in [0.1, 0.15) is 0 Å². The smallest absolute Gasteiger partial charge is 0.387 e. The van der Waals surface area contributed by atoms with E-state index >= 15 is 0 Å². The van der Waals surface area contributed by atoms with Crippen LogP contribution < -0.4 is 20.1 Å². The summed E-state index contributed by atoms with van der Waals surface area (Å²) in [7, 11) is 1.69. The minimum absolute atomic E-state index is 0. The lowest BCUT2D eigenvalue weighted by molar-refractivity contribution is -0.0514. The van der Waals surface area contributed by atoms with Gasteiger partial charge in [-0.3, -0.25) is 4.99 Å². The van der Waals surface area contributed by atoms with Crippen LogP contribution in [0.15, 0.2) is 23.2 Å². The zero-order valence-corrected chi connectivity index (χ0v) is 17.0. The van der Waals surface area contributed by atoms with Crippen LogP contribution in [0.5, 0.6) is 11.5 Å². The molecular weight excluding hydrogens is 431 g/mol. The molecule has 2 N–H and O–H groups in total. The van der Waals surface area contributed by atoms with Gasteiger partial charge in [-0.2, -0.15) is 8.78 Å². The Bertz CT molecular complexity index is 535. The maximum atomic E-state index is 12.4. The first-order chi connectivity index (χ1) is 10.7. The van der Waals surface area contributed by atoms with Crippen molar-refractivity contribution in [2.24, 2.45) is 4.99 Å². The molecule has 24 heavy (non-hydrogen) atoms. The number of aliphatic imine (C=N–C) groups is 1. The molecule has 5 nitrogen and oxygen atoms in total. The number of nitrogens with zero attached hydrogens (tertiary/aromatic N) is 1. The molecule has 1 aromatic carbocycles. The molecule has 0 radical (unpaired) electrons. The number of alkyl halides is 2. The molecule has 0 aromatic heterocycles. The SMILES string of the molecule is CCOc1cc(CNC(=NC)NC(C)(C)C)ccc1OC(F)F.I. The molecule has 0 spiro atoms. The van der Waals surface area contributed by atoms with Gasteiger partial charge in [-0.25, -0.2) is 0 Å². The van der Waals surface area contributed by atoms with Crippen molar-refractivity contribution >= 4 is 29.9 Å². The van der Waals surface area contributed by atoms with Crippen LogP contribution in [-0.4, -0.2) is 31.8 Å². The van der Waals surface area contributed by atoms with Crippen molar-refractivity contribution in [1.29, 1.82) is 0 Å². The second-order valence-electron chi connectivity index (χ2n) is 5.89. The Labute approximate surface area is 159 Å². The van der Waals surface area contributed by atoms with E-state index in [4.69, 9.17) is 4.74 Å². The molecule has 1 aromatic rings. The van der Waals surface area contributed by atoms with Gasteiger partial charge in [0.15, 0.2) is 17.5 Å². The summed E-state index contributed by atoms with van der Waals surface area (Å²) in [6.07, 6.45) is 0. The first kappa shape index (κ1) is 22.7. The molecule has 0 aliphatic rings. The number of halogens is 3. The van der Waals surface area contributed by atoms with Gasteiger partial charge < -0.3 is 20.1 Å². The van der Waals surface area contributed by atoms with Gasteiger partial charge in [0.25, 0.3) is 0 Å². The topological polar surface area (TPSA) is 54.9 Å². The van der Waals surface area contributed by atoms with Gasteiger partial charge in [0.2, 0.25) is 0 Å². The van der Waals surface area contributed by atoms with E-state index in [9.17, 15) is 8.78 Å². The van der Waals surface area contributed by atoms with Crippen molar-refractivity contribution in [1.82, 2.24) is 10.6 Å². The van der Waals surface area contributed by atoms with E-state index in [-0.39, 0.29) is 35.3 Å². The van der Waals surface area contributed by atoms with Crippen molar-refractivity contribution in [2.75, 3.05) is 13.7 Å². The first-order valence-corrected chi connectivity index (χ1v) is 7.44. The Morgan fingerprint density at radius 1 is 1.25 bits per heavy atom. The highest BCUT2D eigenvalue weighted by Gasteiger charge is 2.13. The van der Waals surface area contributed by atoms with Gasteiger partial charge in [-0.1, -0.05) is 6.07 Å². The molecule has 0 fully saturated rings. The van der Waals surface area contributed by atoms with Gasteiger partial charge in [-0.05, 0) is 45.4 Å². The fourth-order valence-corrected chi connectivity index (χ4v) is 1.84.